The number of aromatic nitrogens is 1. The molecule has 0 aliphatic heterocycles. The number of pyridine rings is 1. The number of rotatable bonds is 2. The number of hydrogen-bond donors (Lipinski definition) is 0. The van der Waals surface area contributed by atoms with Crippen LogP contribution in [0.15, 0.2) is 52.6 Å². The standard InChI is InChI=1S/C15H8BrN3/c16-14-5-6-15(19-10-14)13-3-1-11(2-4-13)7-12(8-17)9-18/h1-7,10H. The number of allylic oxidation sites excluding steroid dienone is 1. The zero-order valence-corrected chi connectivity index (χ0v) is 11.4. The molecule has 90 valence electrons. The van der Waals surface area contributed by atoms with E-state index in [2.05, 4.69) is 20.9 Å². The summed E-state index contributed by atoms with van der Waals surface area (Å²) in [4.78, 5) is 4.30. The lowest BCUT2D eigenvalue weighted by atomic mass is 10.1. The zero-order chi connectivity index (χ0) is 13.7. The van der Waals surface area contributed by atoms with Crippen LogP contribution in [0, 0.1) is 22.7 Å². The van der Waals surface area contributed by atoms with Crippen molar-refractivity contribution in [2.75, 3.05) is 0 Å². The summed E-state index contributed by atoms with van der Waals surface area (Å²) < 4.78 is 0.934. The van der Waals surface area contributed by atoms with E-state index < -0.39 is 0 Å². The lowest BCUT2D eigenvalue weighted by molar-refractivity contribution is 1.31. The molecule has 0 radical (unpaired) electrons. The molecule has 0 saturated heterocycles. The predicted octanol–water partition coefficient (Wildman–Crippen LogP) is 3.94. The van der Waals surface area contributed by atoms with Crippen molar-refractivity contribution in [1.82, 2.24) is 4.98 Å². The van der Waals surface area contributed by atoms with Gasteiger partial charge in [0.2, 0.25) is 0 Å². The van der Waals surface area contributed by atoms with Crippen molar-refractivity contribution >= 4 is 22.0 Å². The van der Waals surface area contributed by atoms with Gasteiger partial charge in [0.25, 0.3) is 0 Å². The molecule has 2 rings (SSSR count). The van der Waals surface area contributed by atoms with Gasteiger partial charge in [-0.25, -0.2) is 0 Å². The van der Waals surface area contributed by atoms with Crippen LogP contribution in [0.2, 0.25) is 0 Å². The first-order chi connectivity index (χ1) is 9.22. The van der Waals surface area contributed by atoms with Crippen LogP contribution in [0.25, 0.3) is 17.3 Å². The average molecular weight is 310 g/mol. The van der Waals surface area contributed by atoms with E-state index in [-0.39, 0.29) is 5.57 Å². The molecule has 0 unspecified atom stereocenters. The molecule has 1 aromatic carbocycles. The minimum atomic E-state index is 0.0921. The van der Waals surface area contributed by atoms with Crippen molar-refractivity contribution < 1.29 is 0 Å². The second kappa shape index (κ2) is 5.95. The topological polar surface area (TPSA) is 60.5 Å². The number of nitrogens with zero attached hydrogens (tertiary/aromatic N) is 3. The highest BCUT2D eigenvalue weighted by Crippen LogP contribution is 2.20. The second-order valence-electron chi connectivity index (χ2n) is 3.77. The Kier molecular flexibility index (Phi) is 4.07. The molecular weight excluding hydrogens is 302 g/mol. The third-order valence-corrected chi connectivity index (χ3v) is 2.95. The summed E-state index contributed by atoms with van der Waals surface area (Å²) in [5, 5.41) is 17.4. The first-order valence-corrected chi connectivity index (χ1v) is 6.26. The lowest BCUT2D eigenvalue weighted by Crippen LogP contribution is -1.83. The van der Waals surface area contributed by atoms with Crippen LogP contribution in [0.4, 0.5) is 0 Å². The van der Waals surface area contributed by atoms with Gasteiger partial charge in [0, 0.05) is 16.2 Å². The molecule has 0 atom stereocenters. The molecular formula is C15H8BrN3. The molecule has 19 heavy (non-hydrogen) atoms. The molecule has 1 heterocycles. The third-order valence-electron chi connectivity index (χ3n) is 2.49. The fraction of sp³-hybridized carbons (Fsp3) is 0. The van der Waals surface area contributed by atoms with Gasteiger partial charge in [-0.3, -0.25) is 4.98 Å². The van der Waals surface area contributed by atoms with Gasteiger partial charge in [-0.15, -0.1) is 0 Å². The largest absolute Gasteiger partial charge is 0.255 e. The highest BCUT2D eigenvalue weighted by atomic mass is 79.9. The fourth-order valence-corrected chi connectivity index (χ4v) is 1.79. The summed E-state index contributed by atoms with van der Waals surface area (Å²) in [6.45, 7) is 0. The summed E-state index contributed by atoms with van der Waals surface area (Å²) in [6, 6.07) is 15.1. The Bertz CT molecular complexity index is 670. The van der Waals surface area contributed by atoms with Gasteiger partial charge < -0.3 is 0 Å². The minimum Gasteiger partial charge on any atom is -0.255 e. The van der Waals surface area contributed by atoms with Crippen LogP contribution in [0.1, 0.15) is 5.56 Å². The third kappa shape index (κ3) is 3.28. The molecule has 0 amide bonds. The molecule has 0 saturated carbocycles. The van der Waals surface area contributed by atoms with E-state index in [0.29, 0.717) is 0 Å². The van der Waals surface area contributed by atoms with Crippen LogP contribution in [0.5, 0.6) is 0 Å². The predicted molar refractivity (Wildman–Crippen MR) is 76.6 cm³/mol. The quantitative estimate of drug-likeness (QED) is 0.789. The Hall–Kier alpha value is -2.43. The molecule has 0 aliphatic rings. The number of benzene rings is 1. The van der Waals surface area contributed by atoms with Crippen molar-refractivity contribution in [3.63, 3.8) is 0 Å². The Balaban J connectivity index is 2.29. The number of halogens is 1. The summed E-state index contributed by atoms with van der Waals surface area (Å²) in [5.41, 5.74) is 2.77. The SMILES string of the molecule is N#CC(C#N)=Cc1ccc(-c2ccc(Br)cn2)cc1. The maximum atomic E-state index is 8.69. The van der Waals surface area contributed by atoms with Crippen LogP contribution in [0.3, 0.4) is 0 Å². The van der Waals surface area contributed by atoms with Crippen molar-refractivity contribution in [2.45, 2.75) is 0 Å². The van der Waals surface area contributed by atoms with E-state index in [9.17, 15) is 0 Å². The Morgan fingerprint density at radius 2 is 1.74 bits per heavy atom. The molecule has 0 spiro atoms. The summed E-state index contributed by atoms with van der Waals surface area (Å²) in [7, 11) is 0. The van der Waals surface area contributed by atoms with Gasteiger partial charge in [0.1, 0.15) is 17.7 Å². The molecule has 0 fully saturated rings. The molecule has 0 N–H and O–H groups in total. The van der Waals surface area contributed by atoms with Gasteiger partial charge in [-0.2, -0.15) is 10.5 Å². The van der Waals surface area contributed by atoms with Gasteiger partial charge in [-0.05, 0) is 39.7 Å². The lowest BCUT2D eigenvalue weighted by Gasteiger charge is -2.01. The van der Waals surface area contributed by atoms with Crippen LogP contribution in [-0.2, 0) is 0 Å². The molecule has 1 aromatic heterocycles. The minimum absolute atomic E-state index is 0.0921. The van der Waals surface area contributed by atoms with Crippen LogP contribution in [-0.4, -0.2) is 4.98 Å². The molecule has 0 bridgehead atoms. The van der Waals surface area contributed by atoms with Crippen molar-refractivity contribution in [1.29, 1.82) is 10.5 Å². The first kappa shape index (κ1) is 13.0. The van der Waals surface area contributed by atoms with E-state index in [0.717, 1.165) is 21.3 Å². The second-order valence-corrected chi connectivity index (χ2v) is 4.68. The zero-order valence-electron chi connectivity index (χ0n) is 9.84. The Morgan fingerprint density at radius 1 is 1.05 bits per heavy atom. The average Bonchev–Trinajstić information content (AvgIpc) is 2.46. The molecule has 2 aromatic rings. The molecule has 4 heteroatoms. The first-order valence-electron chi connectivity index (χ1n) is 5.47. The van der Waals surface area contributed by atoms with Gasteiger partial charge in [0.15, 0.2) is 0 Å². The van der Waals surface area contributed by atoms with E-state index in [1.807, 2.05) is 48.5 Å². The maximum Gasteiger partial charge on any atom is 0.130 e. The van der Waals surface area contributed by atoms with E-state index in [1.54, 1.807) is 12.3 Å². The van der Waals surface area contributed by atoms with Crippen molar-refractivity contribution in [2.24, 2.45) is 0 Å². The van der Waals surface area contributed by atoms with Crippen molar-refractivity contribution in [3.8, 4) is 23.4 Å². The summed E-state index contributed by atoms with van der Waals surface area (Å²) in [6.07, 6.45) is 3.30. The number of hydrogen-bond acceptors (Lipinski definition) is 3. The van der Waals surface area contributed by atoms with Gasteiger partial charge >= 0.3 is 0 Å². The normalized spacial score (nSPS) is 9.21. The van der Waals surface area contributed by atoms with E-state index in [4.69, 9.17) is 10.5 Å². The smallest absolute Gasteiger partial charge is 0.130 e. The molecule has 3 nitrogen and oxygen atoms in total. The summed E-state index contributed by atoms with van der Waals surface area (Å²) >= 11 is 3.34. The van der Waals surface area contributed by atoms with Crippen LogP contribution < -0.4 is 0 Å². The van der Waals surface area contributed by atoms with Gasteiger partial charge in [-0.1, -0.05) is 24.3 Å². The Morgan fingerprint density at radius 3 is 2.26 bits per heavy atom. The van der Waals surface area contributed by atoms with E-state index in [1.165, 1.54) is 0 Å². The van der Waals surface area contributed by atoms with E-state index >= 15 is 0 Å². The highest BCUT2D eigenvalue weighted by Gasteiger charge is 1.99. The number of nitriles is 2. The monoisotopic (exact) mass is 309 g/mol. The fourth-order valence-electron chi connectivity index (χ4n) is 1.55. The molecule has 0 aliphatic carbocycles. The van der Waals surface area contributed by atoms with Crippen LogP contribution >= 0.6 is 15.9 Å². The Labute approximate surface area is 119 Å². The van der Waals surface area contributed by atoms with Gasteiger partial charge in [0.05, 0.1) is 5.69 Å². The maximum absolute atomic E-state index is 8.69. The highest BCUT2D eigenvalue weighted by molar-refractivity contribution is 9.10. The summed E-state index contributed by atoms with van der Waals surface area (Å²) in [5.74, 6) is 0. The van der Waals surface area contributed by atoms with Crippen molar-refractivity contribution in [3.05, 3.63) is 58.2 Å².